The van der Waals surface area contributed by atoms with Crippen molar-refractivity contribution in [2.24, 2.45) is 11.0 Å². The van der Waals surface area contributed by atoms with Crippen LogP contribution in [0.1, 0.15) is 57.7 Å². The van der Waals surface area contributed by atoms with E-state index in [1.54, 1.807) is 18.4 Å². The number of carbonyl (C=O) groups excluding carboxylic acids is 2. The second-order valence-electron chi connectivity index (χ2n) is 9.12. The Kier molecular flexibility index (Phi) is 6.68. The summed E-state index contributed by atoms with van der Waals surface area (Å²) in [5.41, 5.74) is 4.43. The van der Waals surface area contributed by atoms with E-state index in [-0.39, 0.29) is 18.6 Å². The number of ether oxygens (including phenoxy) is 2. The minimum absolute atomic E-state index is 0.280. The van der Waals surface area contributed by atoms with E-state index in [2.05, 4.69) is 12.0 Å². The monoisotopic (exact) mass is 488 g/mol. The Hall–Kier alpha value is -3.45. The Morgan fingerprint density at radius 3 is 2.60 bits per heavy atom. The molecule has 0 unspecified atom stereocenters. The molecule has 0 saturated carbocycles. The molecule has 0 radical (unpaired) electrons. The summed E-state index contributed by atoms with van der Waals surface area (Å²) >= 11 is 1.61. The summed E-state index contributed by atoms with van der Waals surface area (Å²) in [6.07, 6.45) is 3.53. The summed E-state index contributed by atoms with van der Waals surface area (Å²) in [5, 5.41) is 7.99. The molecule has 2 aromatic carbocycles. The van der Waals surface area contributed by atoms with Gasteiger partial charge in [0.2, 0.25) is 0 Å². The lowest BCUT2D eigenvalue weighted by molar-refractivity contribution is -0.136. The van der Waals surface area contributed by atoms with Crippen molar-refractivity contribution in [3.63, 3.8) is 0 Å². The average molecular weight is 489 g/mol. The molecule has 3 aromatic rings. The van der Waals surface area contributed by atoms with E-state index in [1.807, 2.05) is 60.0 Å². The van der Waals surface area contributed by atoms with Gasteiger partial charge in [-0.05, 0) is 54.0 Å². The summed E-state index contributed by atoms with van der Waals surface area (Å²) < 4.78 is 10.8. The van der Waals surface area contributed by atoms with Gasteiger partial charge in [0.15, 0.2) is 6.61 Å². The van der Waals surface area contributed by atoms with Crippen LogP contribution in [-0.2, 0) is 22.4 Å². The number of thiophene rings is 1. The van der Waals surface area contributed by atoms with Gasteiger partial charge >= 0.3 is 5.97 Å². The lowest BCUT2D eigenvalue weighted by atomic mass is 9.88. The molecule has 0 bridgehead atoms. The minimum Gasteiger partial charge on any atom is -0.497 e. The van der Waals surface area contributed by atoms with Crippen molar-refractivity contribution in [2.75, 3.05) is 13.7 Å². The standard InChI is InChI=1S/C28H28N2O4S/c1-18-8-13-22-23(17-35-26(22)14-18)28(32)34-16-27(31)30-25(20-9-11-21(33-2)12-10-20)15-24(29-30)19-6-4-3-5-7-19/h3-7,9-12,17-18,25H,8,13-16H2,1-2H3/t18-,25-/m0/s1. The minimum atomic E-state index is -0.433. The van der Waals surface area contributed by atoms with E-state index in [0.717, 1.165) is 47.4 Å². The highest BCUT2D eigenvalue weighted by atomic mass is 32.1. The Labute approximate surface area is 209 Å². The van der Waals surface area contributed by atoms with E-state index in [1.165, 1.54) is 9.89 Å². The van der Waals surface area contributed by atoms with Crippen LogP contribution in [0.3, 0.4) is 0 Å². The SMILES string of the molecule is COc1ccc([C@@H]2CC(c3ccccc3)=NN2C(=O)COC(=O)c2csc3c2CC[C@H](C)C3)cc1. The smallest absolute Gasteiger partial charge is 0.339 e. The molecule has 2 aliphatic rings. The van der Waals surface area contributed by atoms with E-state index in [0.29, 0.717) is 17.9 Å². The molecule has 1 aliphatic heterocycles. The van der Waals surface area contributed by atoms with Crippen LogP contribution in [0.4, 0.5) is 0 Å². The van der Waals surface area contributed by atoms with Crippen molar-refractivity contribution in [1.29, 1.82) is 0 Å². The van der Waals surface area contributed by atoms with Crippen molar-refractivity contribution < 1.29 is 19.1 Å². The normalized spacial score (nSPS) is 19.1. The van der Waals surface area contributed by atoms with Crippen LogP contribution in [0, 0.1) is 5.92 Å². The van der Waals surface area contributed by atoms with Gasteiger partial charge in [-0.3, -0.25) is 4.79 Å². The van der Waals surface area contributed by atoms with E-state index in [9.17, 15) is 9.59 Å². The molecule has 5 rings (SSSR count). The molecule has 0 N–H and O–H groups in total. The Morgan fingerprint density at radius 1 is 1.09 bits per heavy atom. The number of esters is 1. The lowest BCUT2D eigenvalue weighted by Crippen LogP contribution is -2.31. The topological polar surface area (TPSA) is 68.2 Å². The fraction of sp³-hybridized carbons (Fsp3) is 0.321. The summed E-state index contributed by atoms with van der Waals surface area (Å²) in [5.74, 6) is 0.602. The maximum atomic E-state index is 13.3. The third-order valence-electron chi connectivity index (χ3n) is 6.72. The molecule has 0 fully saturated rings. The Morgan fingerprint density at radius 2 is 1.86 bits per heavy atom. The van der Waals surface area contributed by atoms with Gasteiger partial charge in [0.25, 0.3) is 5.91 Å². The molecule has 2 atom stereocenters. The highest BCUT2D eigenvalue weighted by Gasteiger charge is 2.34. The van der Waals surface area contributed by atoms with Gasteiger partial charge in [0, 0.05) is 16.7 Å². The maximum Gasteiger partial charge on any atom is 0.339 e. The number of hydrogen-bond acceptors (Lipinski definition) is 6. The maximum absolute atomic E-state index is 13.3. The van der Waals surface area contributed by atoms with Crippen molar-refractivity contribution in [3.8, 4) is 5.75 Å². The average Bonchev–Trinajstić information content (AvgIpc) is 3.52. The van der Waals surface area contributed by atoms with Gasteiger partial charge in [0.1, 0.15) is 5.75 Å². The fourth-order valence-corrected chi connectivity index (χ4v) is 5.98. The summed E-state index contributed by atoms with van der Waals surface area (Å²) in [4.78, 5) is 27.4. The Bertz CT molecular complexity index is 1250. The first-order valence-electron chi connectivity index (χ1n) is 11.9. The summed E-state index contributed by atoms with van der Waals surface area (Å²) in [7, 11) is 1.62. The number of nitrogens with zero attached hydrogens (tertiary/aromatic N) is 2. The zero-order valence-corrected chi connectivity index (χ0v) is 20.7. The van der Waals surface area contributed by atoms with E-state index >= 15 is 0 Å². The first-order chi connectivity index (χ1) is 17.0. The van der Waals surface area contributed by atoms with E-state index < -0.39 is 5.97 Å². The zero-order chi connectivity index (χ0) is 24.4. The largest absolute Gasteiger partial charge is 0.497 e. The lowest BCUT2D eigenvalue weighted by Gasteiger charge is -2.22. The first-order valence-corrected chi connectivity index (χ1v) is 12.8. The van der Waals surface area contributed by atoms with Crippen LogP contribution in [0.15, 0.2) is 65.1 Å². The van der Waals surface area contributed by atoms with Crippen LogP contribution in [0.2, 0.25) is 0 Å². The third kappa shape index (κ3) is 4.86. The number of rotatable bonds is 6. The number of hydrogen-bond donors (Lipinski definition) is 0. The second-order valence-corrected chi connectivity index (χ2v) is 10.1. The van der Waals surface area contributed by atoms with Crippen LogP contribution >= 0.6 is 11.3 Å². The van der Waals surface area contributed by atoms with Gasteiger partial charge in [0.05, 0.1) is 24.4 Å². The van der Waals surface area contributed by atoms with Gasteiger partial charge in [-0.1, -0.05) is 49.4 Å². The predicted molar refractivity (Wildman–Crippen MR) is 136 cm³/mol. The molecular formula is C28H28N2O4S. The molecule has 1 amide bonds. The van der Waals surface area contributed by atoms with Crippen molar-refractivity contribution in [3.05, 3.63) is 87.1 Å². The highest BCUT2D eigenvalue weighted by molar-refractivity contribution is 7.10. The van der Waals surface area contributed by atoms with Crippen molar-refractivity contribution >= 4 is 28.9 Å². The predicted octanol–water partition coefficient (Wildman–Crippen LogP) is 5.42. The van der Waals surface area contributed by atoms with Crippen LogP contribution < -0.4 is 4.74 Å². The number of hydrazone groups is 1. The number of amides is 1. The molecule has 35 heavy (non-hydrogen) atoms. The number of fused-ring (bicyclic) bond motifs is 1. The van der Waals surface area contributed by atoms with Crippen LogP contribution in [-0.4, -0.2) is 36.3 Å². The Balaban J connectivity index is 1.33. The fourth-order valence-electron chi connectivity index (χ4n) is 4.75. The molecular weight excluding hydrogens is 460 g/mol. The van der Waals surface area contributed by atoms with Crippen molar-refractivity contribution in [1.82, 2.24) is 5.01 Å². The third-order valence-corrected chi connectivity index (χ3v) is 7.77. The molecule has 1 aromatic heterocycles. The summed E-state index contributed by atoms with van der Waals surface area (Å²) in [6.45, 7) is 1.89. The molecule has 0 spiro atoms. The molecule has 6 nitrogen and oxygen atoms in total. The van der Waals surface area contributed by atoms with Gasteiger partial charge in [-0.15, -0.1) is 11.3 Å². The molecule has 2 heterocycles. The van der Waals surface area contributed by atoms with Gasteiger partial charge in [-0.2, -0.15) is 5.10 Å². The number of carbonyl (C=O) groups is 2. The second kappa shape index (κ2) is 10.0. The number of methoxy groups -OCH3 is 1. The summed E-state index contributed by atoms with van der Waals surface area (Å²) in [6, 6.07) is 17.2. The van der Waals surface area contributed by atoms with Gasteiger partial charge < -0.3 is 9.47 Å². The quantitative estimate of drug-likeness (QED) is 0.435. The van der Waals surface area contributed by atoms with Gasteiger partial charge in [-0.25, -0.2) is 9.80 Å². The van der Waals surface area contributed by atoms with Crippen LogP contribution in [0.25, 0.3) is 0 Å². The van der Waals surface area contributed by atoms with Crippen molar-refractivity contribution in [2.45, 2.75) is 38.6 Å². The molecule has 0 saturated heterocycles. The zero-order valence-electron chi connectivity index (χ0n) is 19.9. The highest BCUT2D eigenvalue weighted by Crippen LogP contribution is 2.35. The van der Waals surface area contributed by atoms with E-state index in [4.69, 9.17) is 9.47 Å². The van der Waals surface area contributed by atoms with Crippen LogP contribution in [0.5, 0.6) is 5.75 Å². The molecule has 180 valence electrons. The molecule has 1 aliphatic carbocycles. The number of benzene rings is 2. The molecule has 7 heteroatoms. The first kappa shape index (κ1) is 23.3.